The van der Waals surface area contributed by atoms with Crippen molar-refractivity contribution < 1.29 is 9.90 Å². The quantitative estimate of drug-likeness (QED) is 0.860. The van der Waals surface area contributed by atoms with Gasteiger partial charge in [-0.05, 0) is 31.9 Å². The Morgan fingerprint density at radius 2 is 2.17 bits per heavy atom. The highest BCUT2D eigenvalue weighted by molar-refractivity contribution is 5.75. The first kappa shape index (κ1) is 12.9. The number of nitrogens with one attached hydrogen (secondary N) is 1. The first-order valence-corrected chi connectivity index (χ1v) is 6.52. The third-order valence-electron chi connectivity index (χ3n) is 3.79. The summed E-state index contributed by atoms with van der Waals surface area (Å²) < 4.78 is 0. The Kier molecular flexibility index (Phi) is 3.84. The monoisotopic (exact) mass is 248 g/mol. The average Bonchev–Trinajstić information content (AvgIpc) is 2.37. The maximum atomic E-state index is 11.5. The van der Waals surface area contributed by atoms with Crippen molar-refractivity contribution >= 4 is 11.7 Å². The van der Waals surface area contributed by atoms with Gasteiger partial charge in [-0.2, -0.15) is 0 Å². The van der Waals surface area contributed by atoms with Gasteiger partial charge >= 0.3 is 5.97 Å². The lowest BCUT2D eigenvalue weighted by atomic mass is 9.74. The second-order valence-electron chi connectivity index (χ2n) is 5.19. The van der Waals surface area contributed by atoms with E-state index in [0.29, 0.717) is 6.54 Å². The van der Waals surface area contributed by atoms with Crippen molar-refractivity contribution in [2.75, 3.05) is 11.9 Å². The molecule has 4 nitrogen and oxygen atoms in total. The summed E-state index contributed by atoms with van der Waals surface area (Å²) in [7, 11) is 0. The summed E-state index contributed by atoms with van der Waals surface area (Å²) in [5.41, 5.74) is 1.30. The Balaban J connectivity index is 2.04. The maximum Gasteiger partial charge on any atom is 0.311 e. The highest BCUT2D eigenvalue weighted by Gasteiger charge is 2.39. The molecule has 18 heavy (non-hydrogen) atoms. The van der Waals surface area contributed by atoms with Crippen LogP contribution in [0.25, 0.3) is 0 Å². The number of rotatable bonds is 4. The Morgan fingerprint density at radius 3 is 2.78 bits per heavy atom. The van der Waals surface area contributed by atoms with E-state index >= 15 is 0 Å². The number of carbonyl (C=O) groups is 1. The maximum absolute atomic E-state index is 11.5. The van der Waals surface area contributed by atoms with Gasteiger partial charge in [0, 0.05) is 24.1 Å². The predicted molar refractivity (Wildman–Crippen MR) is 70.6 cm³/mol. The number of hydrogen-bond donors (Lipinski definition) is 2. The molecule has 0 unspecified atom stereocenters. The van der Waals surface area contributed by atoms with Crippen LogP contribution in [0.5, 0.6) is 0 Å². The first-order chi connectivity index (χ1) is 8.62. The van der Waals surface area contributed by atoms with Crippen LogP contribution in [0.1, 0.15) is 37.8 Å². The van der Waals surface area contributed by atoms with Gasteiger partial charge in [0.25, 0.3) is 0 Å². The molecule has 0 aromatic carbocycles. The lowest BCUT2D eigenvalue weighted by Crippen LogP contribution is -2.39. The second kappa shape index (κ2) is 5.38. The van der Waals surface area contributed by atoms with Gasteiger partial charge in [-0.1, -0.05) is 19.3 Å². The fourth-order valence-electron chi connectivity index (χ4n) is 2.62. The molecule has 1 saturated carbocycles. The lowest BCUT2D eigenvalue weighted by Gasteiger charge is -2.33. The molecular formula is C14H20N2O2. The van der Waals surface area contributed by atoms with E-state index in [0.717, 1.165) is 43.5 Å². The number of carboxylic acids is 1. The molecule has 2 N–H and O–H groups in total. The Morgan fingerprint density at radius 1 is 1.44 bits per heavy atom. The standard InChI is InChI=1S/C14H20N2O2/c1-11-9-12(5-8-15-11)16-10-14(13(17)18)6-3-2-4-7-14/h5,8-9H,2-4,6-7,10H2,1H3,(H,15,16)(H,17,18). The summed E-state index contributed by atoms with van der Waals surface area (Å²) in [4.78, 5) is 15.6. The SMILES string of the molecule is Cc1cc(NCC2(C(=O)O)CCCCC2)ccn1. The minimum absolute atomic E-state index is 0.506. The van der Waals surface area contributed by atoms with Crippen molar-refractivity contribution in [1.29, 1.82) is 0 Å². The van der Waals surface area contributed by atoms with Crippen LogP contribution in [0.3, 0.4) is 0 Å². The smallest absolute Gasteiger partial charge is 0.311 e. The number of nitrogens with zero attached hydrogens (tertiary/aromatic N) is 1. The molecule has 1 aromatic heterocycles. The van der Waals surface area contributed by atoms with Crippen LogP contribution in [-0.2, 0) is 4.79 Å². The van der Waals surface area contributed by atoms with E-state index in [1.165, 1.54) is 0 Å². The van der Waals surface area contributed by atoms with Crippen LogP contribution < -0.4 is 5.32 Å². The van der Waals surface area contributed by atoms with Crippen molar-refractivity contribution in [2.45, 2.75) is 39.0 Å². The minimum Gasteiger partial charge on any atom is -0.481 e. The fourth-order valence-corrected chi connectivity index (χ4v) is 2.62. The number of pyridine rings is 1. The molecule has 0 atom stereocenters. The third kappa shape index (κ3) is 2.81. The molecule has 1 aliphatic carbocycles. The zero-order valence-electron chi connectivity index (χ0n) is 10.8. The zero-order chi connectivity index (χ0) is 13.0. The molecule has 1 aromatic rings. The summed E-state index contributed by atoms with van der Waals surface area (Å²) >= 11 is 0. The molecule has 98 valence electrons. The van der Waals surface area contributed by atoms with Crippen molar-refractivity contribution in [3.8, 4) is 0 Å². The lowest BCUT2D eigenvalue weighted by molar-refractivity contribution is -0.150. The van der Waals surface area contributed by atoms with E-state index in [-0.39, 0.29) is 0 Å². The van der Waals surface area contributed by atoms with Crippen LogP contribution in [0.2, 0.25) is 0 Å². The molecule has 0 radical (unpaired) electrons. The summed E-state index contributed by atoms with van der Waals surface area (Å²) in [6.07, 6.45) is 6.49. The Hall–Kier alpha value is -1.58. The van der Waals surface area contributed by atoms with Crippen molar-refractivity contribution in [1.82, 2.24) is 4.98 Å². The zero-order valence-corrected chi connectivity index (χ0v) is 10.8. The molecule has 0 bridgehead atoms. The Labute approximate surface area is 107 Å². The number of anilines is 1. The van der Waals surface area contributed by atoms with Gasteiger partial charge in [-0.3, -0.25) is 9.78 Å². The largest absolute Gasteiger partial charge is 0.481 e. The summed E-state index contributed by atoms with van der Waals surface area (Å²) in [6, 6.07) is 3.82. The van der Waals surface area contributed by atoms with Gasteiger partial charge < -0.3 is 10.4 Å². The Bertz CT molecular complexity index is 426. The number of aryl methyl sites for hydroxylation is 1. The van der Waals surface area contributed by atoms with Gasteiger partial charge in [-0.25, -0.2) is 0 Å². The number of carboxylic acid groups (broad SMARTS) is 1. The minimum atomic E-state index is -0.666. The normalized spacial score (nSPS) is 18.3. The van der Waals surface area contributed by atoms with Crippen LogP contribution in [0.4, 0.5) is 5.69 Å². The van der Waals surface area contributed by atoms with Gasteiger partial charge in [0.2, 0.25) is 0 Å². The summed E-state index contributed by atoms with van der Waals surface area (Å²) in [5.74, 6) is -0.666. The van der Waals surface area contributed by atoms with Crippen LogP contribution >= 0.6 is 0 Å². The third-order valence-corrected chi connectivity index (χ3v) is 3.79. The van der Waals surface area contributed by atoms with Gasteiger partial charge in [-0.15, -0.1) is 0 Å². The fraction of sp³-hybridized carbons (Fsp3) is 0.571. The van der Waals surface area contributed by atoms with Gasteiger partial charge in [0.15, 0.2) is 0 Å². The van der Waals surface area contributed by atoms with Crippen molar-refractivity contribution in [3.05, 3.63) is 24.0 Å². The highest BCUT2D eigenvalue weighted by atomic mass is 16.4. The summed E-state index contributed by atoms with van der Waals surface area (Å²) in [5, 5.41) is 12.7. The topological polar surface area (TPSA) is 62.2 Å². The van der Waals surface area contributed by atoms with E-state index < -0.39 is 11.4 Å². The average molecular weight is 248 g/mol. The number of hydrogen-bond acceptors (Lipinski definition) is 3. The molecule has 4 heteroatoms. The highest BCUT2D eigenvalue weighted by Crippen LogP contribution is 2.36. The first-order valence-electron chi connectivity index (χ1n) is 6.52. The van der Waals surface area contributed by atoms with Crippen LogP contribution in [0.15, 0.2) is 18.3 Å². The molecule has 0 aliphatic heterocycles. The van der Waals surface area contributed by atoms with E-state index in [2.05, 4.69) is 10.3 Å². The molecule has 1 heterocycles. The second-order valence-corrected chi connectivity index (χ2v) is 5.19. The van der Waals surface area contributed by atoms with E-state index in [1.807, 2.05) is 19.1 Å². The molecule has 2 rings (SSSR count). The van der Waals surface area contributed by atoms with Crippen molar-refractivity contribution in [3.63, 3.8) is 0 Å². The van der Waals surface area contributed by atoms with Crippen LogP contribution in [-0.4, -0.2) is 22.6 Å². The van der Waals surface area contributed by atoms with E-state index in [1.54, 1.807) is 6.20 Å². The van der Waals surface area contributed by atoms with Crippen LogP contribution in [0, 0.1) is 12.3 Å². The van der Waals surface area contributed by atoms with Gasteiger partial charge in [0.1, 0.15) is 0 Å². The molecule has 0 amide bonds. The van der Waals surface area contributed by atoms with Gasteiger partial charge in [0.05, 0.1) is 5.41 Å². The molecule has 0 spiro atoms. The van der Waals surface area contributed by atoms with E-state index in [4.69, 9.17) is 0 Å². The van der Waals surface area contributed by atoms with Crippen molar-refractivity contribution in [2.24, 2.45) is 5.41 Å². The summed E-state index contributed by atoms with van der Waals surface area (Å²) in [6.45, 7) is 2.44. The molecule has 1 aliphatic rings. The van der Waals surface area contributed by atoms with E-state index in [9.17, 15) is 9.90 Å². The predicted octanol–water partition coefficient (Wildman–Crippen LogP) is 2.84. The number of aromatic nitrogens is 1. The molecule has 0 saturated heterocycles. The number of aliphatic carboxylic acids is 1. The molecular weight excluding hydrogens is 228 g/mol. The molecule has 1 fully saturated rings.